The predicted octanol–water partition coefficient (Wildman–Crippen LogP) is 5.53. The maximum Gasteiger partial charge on any atom is 0.295 e. The molecule has 1 aromatic carbocycles. The van der Waals surface area contributed by atoms with Crippen LogP contribution in [0.15, 0.2) is 30.3 Å². The molecule has 3 heterocycles. The average molecular weight is 656 g/mol. The Morgan fingerprint density at radius 2 is 1.72 bits per heavy atom. The Morgan fingerprint density at radius 1 is 0.978 bits per heavy atom. The topological polar surface area (TPSA) is 133 Å². The lowest BCUT2D eigenvalue weighted by Gasteiger charge is -2.36. The van der Waals surface area contributed by atoms with Gasteiger partial charge in [-0.05, 0) is 64.2 Å². The zero-order valence-electron chi connectivity index (χ0n) is 28.0. The molecule has 0 amide bonds. The molecule has 6 rings (SSSR count). The second-order valence-electron chi connectivity index (χ2n) is 13.4. The average Bonchev–Trinajstić information content (AvgIpc) is 3.09. The molecule has 6 N–H and O–H groups in total. The van der Waals surface area contributed by atoms with Crippen molar-refractivity contribution in [3.8, 4) is 0 Å². The van der Waals surface area contributed by atoms with Crippen molar-refractivity contribution in [3.05, 3.63) is 35.9 Å². The number of nitrogens with zero attached hydrogens (tertiary/aromatic N) is 4. The largest absolute Gasteiger partial charge is 0.383 e. The van der Waals surface area contributed by atoms with Crippen LogP contribution in [0.5, 0.6) is 0 Å². The number of nitrogen functional groups attached to an aromatic ring is 1. The molecular weight excluding hydrogens is 597 g/mol. The first kappa shape index (κ1) is 34.9. The number of nitrogens with two attached hydrogens (primary N) is 1. The zero-order chi connectivity index (χ0) is 32.0. The first-order valence-electron chi connectivity index (χ1n) is 17.8. The lowest BCUT2D eigenvalue weighted by atomic mass is 9.89. The number of anilines is 4. The highest BCUT2D eigenvalue weighted by atomic mass is 31.2. The molecule has 46 heavy (non-hydrogen) atoms. The Morgan fingerprint density at radius 3 is 2.48 bits per heavy atom. The van der Waals surface area contributed by atoms with Gasteiger partial charge >= 0.3 is 0 Å². The van der Waals surface area contributed by atoms with Gasteiger partial charge in [0.1, 0.15) is 11.6 Å². The van der Waals surface area contributed by atoms with Crippen molar-refractivity contribution in [2.24, 2.45) is 5.92 Å². The van der Waals surface area contributed by atoms with Gasteiger partial charge in [-0.15, -0.1) is 0 Å². The van der Waals surface area contributed by atoms with Gasteiger partial charge in [0.05, 0.1) is 12.8 Å². The fraction of sp³-hybridized carbons (Fsp3) is 0.706. The van der Waals surface area contributed by atoms with Gasteiger partial charge in [0, 0.05) is 62.6 Å². The highest BCUT2D eigenvalue weighted by molar-refractivity contribution is 7.60. The standard InChI is InChI=1S/C24H36N7O2P.C10H22N2/c25-22-16-23(28-24(27-22)26-17-19-6-2-1-3-7-19)31-12-10-30(11-13-31)14-15-34(32)29-21-9-5-4-8-20(21)18-33-34;1-11-8-5-9-12-10-6-3-2-4-7-10/h4-5,8-9,16,19H,1-3,6-7,10-15,17-18H2,(H,29,32)(H3,25,26,27,28);10-12H,2-9H2,1H3. The molecule has 11 nitrogen and oxygen atoms in total. The second-order valence-corrected chi connectivity index (χ2v) is 15.6. The van der Waals surface area contributed by atoms with Crippen molar-refractivity contribution in [2.75, 3.05) is 86.6 Å². The van der Waals surface area contributed by atoms with Crippen LogP contribution in [-0.2, 0) is 15.7 Å². The van der Waals surface area contributed by atoms with Crippen LogP contribution >= 0.6 is 7.52 Å². The third kappa shape index (κ3) is 11.1. The van der Waals surface area contributed by atoms with E-state index in [1.54, 1.807) is 0 Å². The summed E-state index contributed by atoms with van der Waals surface area (Å²) >= 11 is 0. The van der Waals surface area contributed by atoms with E-state index in [-0.39, 0.29) is 0 Å². The van der Waals surface area contributed by atoms with Gasteiger partial charge in [0.15, 0.2) is 0 Å². The highest BCUT2D eigenvalue weighted by Crippen LogP contribution is 2.51. The number of hydrogen-bond donors (Lipinski definition) is 5. The minimum atomic E-state index is -2.87. The van der Waals surface area contributed by atoms with Crippen LogP contribution in [0.1, 0.15) is 76.2 Å². The number of nitrogens with one attached hydrogen (secondary N) is 4. The molecule has 12 heteroatoms. The van der Waals surface area contributed by atoms with Crippen LogP contribution in [0, 0.1) is 5.92 Å². The number of hydrogen-bond acceptors (Lipinski definition) is 10. The van der Waals surface area contributed by atoms with Gasteiger partial charge in [-0.3, -0.25) is 9.46 Å². The van der Waals surface area contributed by atoms with Gasteiger partial charge in [-0.2, -0.15) is 9.97 Å². The molecular formula is C34H58N9O2P. The predicted molar refractivity (Wildman–Crippen MR) is 191 cm³/mol. The fourth-order valence-electron chi connectivity index (χ4n) is 6.94. The first-order valence-corrected chi connectivity index (χ1v) is 19.6. The molecule has 256 valence electrons. The molecule has 2 aliphatic carbocycles. The Kier molecular flexibility index (Phi) is 13.8. The second kappa shape index (κ2) is 18.2. The van der Waals surface area contributed by atoms with Crippen LogP contribution in [0.4, 0.5) is 23.3 Å². The lowest BCUT2D eigenvalue weighted by Crippen LogP contribution is -2.47. The molecule has 0 spiro atoms. The quantitative estimate of drug-likeness (QED) is 0.146. The molecule has 2 saturated carbocycles. The maximum absolute atomic E-state index is 13.2. The van der Waals surface area contributed by atoms with Crippen molar-refractivity contribution in [3.63, 3.8) is 0 Å². The third-order valence-electron chi connectivity index (χ3n) is 9.79. The minimum Gasteiger partial charge on any atom is -0.383 e. The number of piperazine rings is 1. The van der Waals surface area contributed by atoms with Crippen molar-refractivity contribution in [1.29, 1.82) is 0 Å². The zero-order valence-corrected chi connectivity index (χ0v) is 28.9. The minimum absolute atomic E-state index is 0.403. The first-order chi connectivity index (χ1) is 22.5. The number of rotatable bonds is 12. The molecule has 2 aromatic rings. The molecule has 1 aromatic heterocycles. The van der Waals surface area contributed by atoms with Crippen LogP contribution < -0.4 is 31.7 Å². The van der Waals surface area contributed by atoms with E-state index in [0.717, 1.165) is 68.9 Å². The summed E-state index contributed by atoms with van der Waals surface area (Å²) in [5.41, 5.74) is 8.08. The summed E-state index contributed by atoms with van der Waals surface area (Å²) in [7, 11) is -0.855. The summed E-state index contributed by atoms with van der Waals surface area (Å²) in [5, 5.41) is 13.4. The molecule has 2 aliphatic heterocycles. The Labute approximate surface area is 276 Å². The normalized spacial score (nSPS) is 22.8. The van der Waals surface area contributed by atoms with E-state index in [0.29, 0.717) is 30.5 Å². The molecule has 1 saturated heterocycles. The van der Waals surface area contributed by atoms with E-state index in [9.17, 15) is 4.57 Å². The monoisotopic (exact) mass is 655 g/mol. The molecule has 1 atom stereocenters. The number of para-hydroxylation sites is 1. The Hall–Kier alpha value is -2.43. The van der Waals surface area contributed by atoms with Crippen molar-refractivity contribution >= 4 is 30.8 Å². The van der Waals surface area contributed by atoms with Crippen LogP contribution in [-0.4, -0.2) is 86.5 Å². The number of benzene rings is 1. The molecule has 0 radical (unpaired) electrons. The van der Waals surface area contributed by atoms with Crippen molar-refractivity contribution < 1.29 is 9.09 Å². The van der Waals surface area contributed by atoms with Gasteiger partial charge in [0.25, 0.3) is 7.52 Å². The van der Waals surface area contributed by atoms with E-state index in [2.05, 4.69) is 35.8 Å². The number of fused-ring (bicyclic) bond motifs is 1. The SMILES string of the molecule is CNCCCNC1CCCCC1.Nc1cc(N2CCN(CCP3(=O)Nc4ccccc4CO3)CC2)nc(NCC2CCCCC2)n1. The van der Waals surface area contributed by atoms with E-state index in [1.807, 2.05) is 37.4 Å². The highest BCUT2D eigenvalue weighted by Gasteiger charge is 2.30. The summed E-state index contributed by atoms with van der Waals surface area (Å²) < 4.78 is 18.9. The van der Waals surface area contributed by atoms with Gasteiger partial charge < -0.3 is 36.2 Å². The summed E-state index contributed by atoms with van der Waals surface area (Å²) in [6.45, 7) is 7.83. The maximum atomic E-state index is 13.2. The fourth-order valence-corrected chi connectivity index (χ4v) is 8.72. The third-order valence-corrected chi connectivity index (χ3v) is 11.7. The molecule has 0 bridgehead atoms. The van der Waals surface area contributed by atoms with Gasteiger partial charge in [0.2, 0.25) is 5.95 Å². The lowest BCUT2D eigenvalue weighted by molar-refractivity contribution is 0.259. The van der Waals surface area contributed by atoms with Crippen molar-refractivity contribution in [2.45, 2.75) is 83.3 Å². The van der Waals surface area contributed by atoms with Gasteiger partial charge in [-0.25, -0.2) is 0 Å². The van der Waals surface area contributed by atoms with Crippen molar-refractivity contribution in [1.82, 2.24) is 25.5 Å². The van der Waals surface area contributed by atoms with Gasteiger partial charge in [-0.1, -0.05) is 56.7 Å². The van der Waals surface area contributed by atoms with E-state index >= 15 is 0 Å². The Bertz CT molecular complexity index is 1230. The van der Waals surface area contributed by atoms with E-state index in [4.69, 9.17) is 15.2 Å². The smallest absolute Gasteiger partial charge is 0.295 e. The summed E-state index contributed by atoms with van der Waals surface area (Å²) in [4.78, 5) is 13.7. The molecule has 4 aliphatic rings. The van der Waals surface area contributed by atoms with Crippen LogP contribution in [0.3, 0.4) is 0 Å². The molecule has 1 unspecified atom stereocenters. The van der Waals surface area contributed by atoms with E-state index < -0.39 is 7.52 Å². The summed E-state index contributed by atoms with van der Waals surface area (Å²) in [6.07, 6.45) is 15.4. The summed E-state index contributed by atoms with van der Waals surface area (Å²) in [6, 6.07) is 10.6. The molecule has 3 fully saturated rings. The number of aromatic nitrogens is 2. The Balaban J connectivity index is 0.000000293. The summed E-state index contributed by atoms with van der Waals surface area (Å²) in [5.74, 6) is 2.70. The van der Waals surface area contributed by atoms with E-state index in [1.165, 1.54) is 77.2 Å². The van der Waals surface area contributed by atoms with Crippen LogP contribution in [0.2, 0.25) is 0 Å². The van der Waals surface area contributed by atoms with Crippen LogP contribution in [0.25, 0.3) is 0 Å².